The molecule has 1 aromatic heterocycles. The van der Waals surface area contributed by atoms with E-state index in [1.165, 1.54) is 12.1 Å². The van der Waals surface area contributed by atoms with Gasteiger partial charge in [0.1, 0.15) is 11.6 Å². The molecule has 47 heavy (non-hydrogen) atoms. The number of ether oxygens (including phenoxy) is 2. The summed E-state index contributed by atoms with van der Waals surface area (Å²) in [6.45, 7) is 16.9. The van der Waals surface area contributed by atoms with Crippen LogP contribution in [-0.2, 0) is 29.0 Å². The van der Waals surface area contributed by atoms with Gasteiger partial charge in [0.15, 0.2) is 0 Å². The van der Waals surface area contributed by atoms with Gasteiger partial charge in [-0.25, -0.2) is 4.39 Å². The Morgan fingerprint density at radius 3 is 2.23 bits per heavy atom. The van der Waals surface area contributed by atoms with Crippen LogP contribution in [0.5, 0.6) is 5.75 Å². The second-order valence-corrected chi connectivity index (χ2v) is 14.5. The number of hydrogen-bond acceptors (Lipinski definition) is 7. The van der Waals surface area contributed by atoms with Crippen LogP contribution in [0, 0.1) is 24.1 Å². The fourth-order valence-corrected chi connectivity index (χ4v) is 5.68. The van der Waals surface area contributed by atoms with E-state index >= 15 is 0 Å². The van der Waals surface area contributed by atoms with E-state index < -0.39 is 11.6 Å². The Morgan fingerprint density at radius 1 is 1.06 bits per heavy atom. The van der Waals surface area contributed by atoms with Crippen molar-refractivity contribution in [1.82, 2.24) is 10.3 Å². The predicted molar refractivity (Wildman–Crippen MR) is 185 cm³/mol. The molecule has 256 valence electrons. The first-order valence-corrected chi connectivity index (χ1v) is 16.7. The van der Waals surface area contributed by atoms with Crippen LogP contribution in [0.3, 0.4) is 0 Å². The first-order valence-electron chi connectivity index (χ1n) is 16.7. The SMILES string of the molecule is CC(C)(C)O.Cc1nc(COCC2CNC2)c(-c2ccc(OCCc3ccc(F)cc3)cc2)c(N2CCC(C)(C)CC2)c1CC(=O)O. The maximum atomic E-state index is 13.2. The minimum absolute atomic E-state index is 0.0828. The summed E-state index contributed by atoms with van der Waals surface area (Å²) in [4.78, 5) is 19.3. The zero-order chi connectivity index (χ0) is 34.2. The molecule has 3 aromatic rings. The Hall–Kier alpha value is -3.53. The number of halogens is 1. The molecule has 5 rings (SSSR count). The standard InChI is InChI=1S/C34H42FN3O4.C4H10O/c1-23-29(18-31(39)40)33(38-15-13-34(2,3)14-16-38)32(30(37-23)22-41-21-25-19-36-20-25)26-6-10-28(11-7-26)42-17-12-24-4-8-27(35)9-5-24;1-4(2,3)5/h4-11,25,36H,12-22H2,1-3H3,(H,39,40);5H,1-3H3. The van der Waals surface area contributed by atoms with E-state index in [0.717, 1.165) is 84.1 Å². The minimum Gasteiger partial charge on any atom is -0.493 e. The average Bonchev–Trinajstić information content (AvgIpc) is 2.96. The molecule has 0 amide bonds. The predicted octanol–water partition coefficient (Wildman–Crippen LogP) is 6.58. The van der Waals surface area contributed by atoms with Crippen LogP contribution in [0.2, 0.25) is 0 Å². The van der Waals surface area contributed by atoms with Crippen LogP contribution in [0.15, 0.2) is 48.5 Å². The largest absolute Gasteiger partial charge is 0.493 e. The fourth-order valence-electron chi connectivity index (χ4n) is 5.68. The molecule has 3 N–H and O–H groups in total. The number of aryl methyl sites for hydroxylation is 1. The molecule has 0 bridgehead atoms. The van der Waals surface area contributed by atoms with Gasteiger partial charge < -0.3 is 29.9 Å². The van der Waals surface area contributed by atoms with Crippen molar-refractivity contribution in [2.75, 3.05) is 44.3 Å². The molecular formula is C38H52FN3O5. The second kappa shape index (κ2) is 16.0. The quantitative estimate of drug-likeness (QED) is 0.202. The highest BCUT2D eigenvalue weighted by molar-refractivity contribution is 5.86. The van der Waals surface area contributed by atoms with Crippen molar-refractivity contribution in [2.45, 2.75) is 79.4 Å². The lowest BCUT2D eigenvalue weighted by Crippen LogP contribution is -2.44. The van der Waals surface area contributed by atoms with Crippen molar-refractivity contribution < 1.29 is 28.9 Å². The van der Waals surface area contributed by atoms with E-state index in [1.807, 2.05) is 31.2 Å². The summed E-state index contributed by atoms with van der Waals surface area (Å²) in [5, 5.41) is 21.7. The summed E-state index contributed by atoms with van der Waals surface area (Å²) in [5.41, 5.74) is 5.98. The van der Waals surface area contributed by atoms with Crippen LogP contribution in [0.4, 0.5) is 10.1 Å². The lowest BCUT2D eigenvalue weighted by atomic mass is 9.82. The highest BCUT2D eigenvalue weighted by Crippen LogP contribution is 2.42. The van der Waals surface area contributed by atoms with Crippen LogP contribution < -0.4 is 15.0 Å². The number of aliphatic carboxylic acids is 1. The van der Waals surface area contributed by atoms with Crippen molar-refractivity contribution in [3.8, 4) is 16.9 Å². The zero-order valence-electron chi connectivity index (χ0n) is 28.9. The molecule has 2 fully saturated rings. The van der Waals surface area contributed by atoms with Crippen molar-refractivity contribution in [2.24, 2.45) is 11.3 Å². The molecule has 0 radical (unpaired) electrons. The minimum atomic E-state index is -0.865. The molecule has 2 aromatic carbocycles. The van der Waals surface area contributed by atoms with E-state index in [-0.39, 0.29) is 17.7 Å². The Labute approximate surface area is 279 Å². The Morgan fingerprint density at radius 2 is 1.68 bits per heavy atom. The number of nitrogens with one attached hydrogen (secondary N) is 1. The molecule has 0 atom stereocenters. The molecule has 0 aliphatic carbocycles. The maximum absolute atomic E-state index is 13.2. The van der Waals surface area contributed by atoms with E-state index in [0.29, 0.717) is 32.2 Å². The highest BCUT2D eigenvalue weighted by atomic mass is 19.1. The van der Waals surface area contributed by atoms with E-state index in [2.05, 4.69) is 24.1 Å². The summed E-state index contributed by atoms with van der Waals surface area (Å²) in [5.74, 6) is 0.139. The third kappa shape index (κ3) is 11.3. The number of aromatic nitrogens is 1. The topological polar surface area (TPSA) is 104 Å². The summed E-state index contributed by atoms with van der Waals surface area (Å²) in [6.07, 6.45) is 2.65. The molecular weight excluding hydrogens is 597 g/mol. The van der Waals surface area contributed by atoms with Gasteiger partial charge in [-0.2, -0.15) is 0 Å². The van der Waals surface area contributed by atoms with Gasteiger partial charge in [0.2, 0.25) is 0 Å². The number of piperidine rings is 1. The smallest absolute Gasteiger partial charge is 0.307 e. The molecule has 0 spiro atoms. The average molecular weight is 650 g/mol. The Balaban J connectivity index is 0.000000930. The third-order valence-corrected chi connectivity index (χ3v) is 8.49. The number of benzene rings is 2. The van der Waals surface area contributed by atoms with Gasteiger partial charge in [-0.15, -0.1) is 0 Å². The van der Waals surface area contributed by atoms with Gasteiger partial charge in [0.25, 0.3) is 0 Å². The number of pyridine rings is 1. The number of hydrogen-bond donors (Lipinski definition) is 3. The molecule has 2 aliphatic rings. The lowest BCUT2D eigenvalue weighted by Gasteiger charge is -2.40. The van der Waals surface area contributed by atoms with Crippen molar-refractivity contribution in [3.63, 3.8) is 0 Å². The summed E-state index contributed by atoms with van der Waals surface area (Å²) >= 11 is 0. The van der Waals surface area contributed by atoms with Gasteiger partial charge in [-0.05, 0) is 81.3 Å². The van der Waals surface area contributed by atoms with Crippen LogP contribution in [-0.4, -0.2) is 66.2 Å². The van der Waals surface area contributed by atoms with Gasteiger partial charge in [-0.1, -0.05) is 38.1 Å². The van der Waals surface area contributed by atoms with Crippen molar-refractivity contribution >= 4 is 11.7 Å². The van der Waals surface area contributed by atoms with Crippen molar-refractivity contribution in [1.29, 1.82) is 0 Å². The van der Waals surface area contributed by atoms with Crippen LogP contribution >= 0.6 is 0 Å². The Bertz CT molecular complexity index is 1450. The van der Waals surface area contributed by atoms with Crippen LogP contribution in [0.1, 0.15) is 70.0 Å². The number of nitrogens with zero attached hydrogens (tertiary/aromatic N) is 2. The van der Waals surface area contributed by atoms with Crippen molar-refractivity contribution in [3.05, 3.63) is 76.9 Å². The lowest BCUT2D eigenvalue weighted by molar-refractivity contribution is -0.136. The number of carbonyl (C=O) groups is 1. The summed E-state index contributed by atoms with van der Waals surface area (Å²) < 4.78 is 25.4. The molecule has 3 heterocycles. The molecule has 0 unspecified atom stereocenters. The third-order valence-electron chi connectivity index (χ3n) is 8.49. The number of anilines is 1. The number of rotatable bonds is 12. The zero-order valence-corrected chi connectivity index (χ0v) is 28.9. The van der Waals surface area contributed by atoms with Gasteiger partial charge in [0, 0.05) is 55.3 Å². The highest BCUT2D eigenvalue weighted by Gasteiger charge is 2.31. The number of carboxylic acid groups (broad SMARTS) is 1. The molecule has 0 saturated carbocycles. The number of carboxylic acids is 1. The van der Waals surface area contributed by atoms with Gasteiger partial charge >= 0.3 is 5.97 Å². The molecule has 9 heteroatoms. The molecule has 2 aliphatic heterocycles. The maximum Gasteiger partial charge on any atom is 0.307 e. The van der Waals surface area contributed by atoms with Gasteiger partial charge in [0.05, 0.1) is 43.2 Å². The molecule has 8 nitrogen and oxygen atoms in total. The number of aliphatic hydroxyl groups is 1. The monoisotopic (exact) mass is 649 g/mol. The first kappa shape index (κ1) is 36.3. The summed E-state index contributed by atoms with van der Waals surface area (Å²) in [6, 6.07) is 14.4. The first-order chi connectivity index (χ1) is 22.2. The van der Waals surface area contributed by atoms with Crippen LogP contribution in [0.25, 0.3) is 11.1 Å². The normalized spacial score (nSPS) is 16.2. The van der Waals surface area contributed by atoms with E-state index in [4.69, 9.17) is 19.6 Å². The fraction of sp³-hybridized carbons (Fsp3) is 0.526. The molecule has 2 saturated heterocycles. The second-order valence-electron chi connectivity index (χ2n) is 14.5. The Kier molecular flexibility index (Phi) is 12.4. The van der Waals surface area contributed by atoms with E-state index in [9.17, 15) is 14.3 Å². The van der Waals surface area contributed by atoms with Gasteiger partial charge in [-0.3, -0.25) is 9.78 Å². The summed E-state index contributed by atoms with van der Waals surface area (Å²) in [7, 11) is 0. The van der Waals surface area contributed by atoms with E-state index in [1.54, 1.807) is 32.9 Å².